The number of nitrogens with one attached hydrogen (secondary N) is 1. The van der Waals surface area contributed by atoms with Crippen LogP contribution < -0.4 is 4.74 Å². The van der Waals surface area contributed by atoms with Crippen molar-refractivity contribution < 1.29 is 23.1 Å². The standard InChI is InChI=1S/C26H26N4O5S/c1-16(32)30-9-3-4-24(30)20-13-21-18(11-23(29-21)22-10-17(15-31)7-8-27-22)12-25(20)35-19-5-6-26(28-14-19)36(2,33)34/h5-8,10-14,24,29,31H,3-4,9,15H2,1-2H3/t24-/m1/s1. The monoisotopic (exact) mass is 506 g/mol. The molecule has 1 fully saturated rings. The predicted octanol–water partition coefficient (Wildman–Crippen LogP) is 4.00. The van der Waals surface area contributed by atoms with Gasteiger partial charge in [0.1, 0.15) is 11.5 Å². The first-order chi connectivity index (χ1) is 17.2. The summed E-state index contributed by atoms with van der Waals surface area (Å²) < 4.78 is 29.8. The minimum absolute atomic E-state index is 0.0000814. The van der Waals surface area contributed by atoms with E-state index in [2.05, 4.69) is 15.0 Å². The number of H-pyrrole nitrogens is 1. The van der Waals surface area contributed by atoms with Gasteiger partial charge in [-0.3, -0.25) is 9.78 Å². The first-order valence-corrected chi connectivity index (χ1v) is 13.5. The second-order valence-corrected chi connectivity index (χ2v) is 10.9. The highest BCUT2D eigenvalue weighted by Gasteiger charge is 2.31. The van der Waals surface area contributed by atoms with Gasteiger partial charge in [-0.15, -0.1) is 0 Å². The van der Waals surface area contributed by atoms with Crippen molar-refractivity contribution in [3.8, 4) is 22.9 Å². The summed E-state index contributed by atoms with van der Waals surface area (Å²) in [5.74, 6) is 0.959. The molecule has 1 amide bonds. The maximum atomic E-state index is 12.3. The Morgan fingerprint density at radius 2 is 2.03 bits per heavy atom. The minimum Gasteiger partial charge on any atom is -0.455 e. The van der Waals surface area contributed by atoms with Crippen LogP contribution in [0.25, 0.3) is 22.3 Å². The van der Waals surface area contributed by atoms with Gasteiger partial charge in [-0.2, -0.15) is 0 Å². The second kappa shape index (κ2) is 9.36. The molecular weight excluding hydrogens is 480 g/mol. The van der Waals surface area contributed by atoms with Crippen molar-refractivity contribution in [3.05, 3.63) is 66.0 Å². The molecule has 9 nitrogen and oxygen atoms in total. The highest BCUT2D eigenvalue weighted by molar-refractivity contribution is 7.90. The Morgan fingerprint density at radius 1 is 1.19 bits per heavy atom. The van der Waals surface area contributed by atoms with Gasteiger partial charge in [-0.25, -0.2) is 13.4 Å². The topological polar surface area (TPSA) is 125 Å². The van der Waals surface area contributed by atoms with Gasteiger partial charge in [0.15, 0.2) is 14.9 Å². The molecule has 0 bridgehead atoms. The SMILES string of the molecule is CC(=O)N1CCC[C@@H]1c1cc2[nH]c(-c3cc(CO)ccn3)cc2cc1Oc1ccc(S(C)(=O)=O)nc1. The molecular formula is C26H26N4O5S. The summed E-state index contributed by atoms with van der Waals surface area (Å²) in [7, 11) is -3.42. The summed E-state index contributed by atoms with van der Waals surface area (Å²) in [5, 5.41) is 10.3. The molecule has 4 heterocycles. The third-order valence-corrected chi connectivity index (χ3v) is 7.37. The number of likely N-dealkylation sites (tertiary alicyclic amines) is 1. The molecule has 2 N–H and O–H groups in total. The summed E-state index contributed by atoms with van der Waals surface area (Å²) in [5.41, 5.74) is 3.97. The van der Waals surface area contributed by atoms with Crippen molar-refractivity contribution in [2.45, 2.75) is 37.4 Å². The molecule has 10 heteroatoms. The van der Waals surface area contributed by atoms with Crippen molar-refractivity contribution in [1.29, 1.82) is 0 Å². The number of benzene rings is 1. The molecule has 1 aliphatic rings. The van der Waals surface area contributed by atoms with Crippen molar-refractivity contribution in [1.82, 2.24) is 19.9 Å². The number of nitrogens with zero attached hydrogens (tertiary/aromatic N) is 3. The average molecular weight is 507 g/mol. The van der Waals surface area contributed by atoms with E-state index in [0.29, 0.717) is 23.7 Å². The number of aromatic nitrogens is 3. The zero-order valence-corrected chi connectivity index (χ0v) is 20.7. The Balaban J connectivity index is 1.59. The Bertz CT molecular complexity index is 1550. The van der Waals surface area contributed by atoms with Gasteiger partial charge in [0, 0.05) is 42.4 Å². The predicted molar refractivity (Wildman–Crippen MR) is 134 cm³/mol. The number of fused-ring (bicyclic) bond motifs is 1. The normalized spacial score (nSPS) is 16.0. The molecule has 1 saturated heterocycles. The van der Waals surface area contributed by atoms with E-state index in [1.54, 1.807) is 25.3 Å². The largest absolute Gasteiger partial charge is 0.455 e. The highest BCUT2D eigenvalue weighted by atomic mass is 32.2. The van der Waals surface area contributed by atoms with Gasteiger partial charge in [0.05, 0.1) is 30.2 Å². The fraction of sp³-hybridized carbons (Fsp3) is 0.269. The van der Waals surface area contributed by atoms with Crippen LogP contribution in [0, 0.1) is 0 Å². The molecule has 186 valence electrons. The zero-order chi connectivity index (χ0) is 25.4. The Labute approximate surface area is 208 Å². The van der Waals surface area contributed by atoms with Crippen LogP contribution in [0.2, 0.25) is 0 Å². The lowest BCUT2D eigenvalue weighted by atomic mass is 10.0. The van der Waals surface area contributed by atoms with Crippen LogP contribution in [-0.4, -0.2) is 52.1 Å². The summed E-state index contributed by atoms with van der Waals surface area (Å²) in [4.78, 5) is 26.0. The van der Waals surface area contributed by atoms with Crippen LogP contribution in [0.5, 0.6) is 11.5 Å². The van der Waals surface area contributed by atoms with Gasteiger partial charge in [0.25, 0.3) is 0 Å². The van der Waals surface area contributed by atoms with Crippen LogP contribution in [0.3, 0.4) is 0 Å². The Kier molecular flexibility index (Phi) is 6.23. The molecule has 0 saturated carbocycles. The number of aliphatic hydroxyl groups is 1. The van der Waals surface area contributed by atoms with Crippen LogP contribution in [-0.2, 0) is 21.2 Å². The molecule has 0 radical (unpaired) electrons. The summed E-state index contributed by atoms with van der Waals surface area (Å²) in [6.07, 6.45) is 5.84. The fourth-order valence-corrected chi connectivity index (χ4v) is 5.18. The molecule has 0 aliphatic carbocycles. The highest BCUT2D eigenvalue weighted by Crippen LogP contribution is 2.41. The van der Waals surface area contributed by atoms with E-state index in [1.165, 1.54) is 12.3 Å². The van der Waals surface area contributed by atoms with Gasteiger partial charge in [0.2, 0.25) is 5.91 Å². The van der Waals surface area contributed by atoms with E-state index in [4.69, 9.17) is 4.74 Å². The molecule has 0 spiro atoms. The quantitative estimate of drug-likeness (QED) is 0.405. The molecule has 36 heavy (non-hydrogen) atoms. The first-order valence-electron chi connectivity index (χ1n) is 11.6. The number of ether oxygens (including phenoxy) is 1. The number of hydrogen-bond acceptors (Lipinski definition) is 7. The molecule has 5 rings (SSSR count). The molecule has 3 aromatic heterocycles. The van der Waals surface area contributed by atoms with E-state index < -0.39 is 9.84 Å². The van der Waals surface area contributed by atoms with Gasteiger partial charge < -0.3 is 19.7 Å². The first kappa shape index (κ1) is 24.0. The minimum atomic E-state index is -3.42. The van der Waals surface area contributed by atoms with Gasteiger partial charge in [-0.1, -0.05) is 0 Å². The summed E-state index contributed by atoms with van der Waals surface area (Å²) in [6.45, 7) is 2.17. The fourth-order valence-electron chi connectivity index (χ4n) is 4.62. The Hall–Kier alpha value is -3.76. The van der Waals surface area contributed by atoms with E-state index in [0.717, 1.165) is 46.8 Å². The van der Waals surface area contributed by atoms with E-state index in [1.807, 2.05) is 29.2 Å². The third kappa shape index (κ3) is 4.69. The molecule has 4 aromatic rings. The number of hydrogen-bond donors (Lipinski definition) is 2. The van der Waals surface area contributed by atoms with E-state index >= 15 is 0 Å². The van der Waals surface area contributed by atoms with E-state index in [-0.39, 0.29) is 23.6 Å². The number of pyridine rings is 2. The summed E-state index contributed by atoms with van der Waals surface area (Å²) >= 11 is 0. The lowest BCUT2D eigenvalue weighted by molar-refractivity contribution is -0.129. The zero-order valence-electron chi connectivity index (χ0n) is 19.9. The van der Waals surface area contributed by atoms with Crippen molar-refractivity contribution in [2.24, 2.45) is 0 Å². The number of carbonyl (C=O) groups is 1. The van der Waals surface area contributed by atoms with Crippen molar-refractivity contribution >= 4 is 26.6 Å². The number of rotatable bonds is 6. The number of carbonyl (C=O) groups excluding carboxylic acids is 1. The van der Waals surface area contributed by atoms with Crippen molar-refractivity contribution in [3.63, 3.8) is 0 Å². The van der Waals surface area contributed by atoms with Crippen molar-refractivity contribution in [2.75, 3.05) is 12.8 Å². The molecule has 0 unspecified atom stereocenters. The lowest BCUT2D eigenvalue weighted by Gasteiger charge is -2.25. The maximum absolute atomic E-state index is 12.3. The lowest BCUT2D eigenvalue weighted by Crippen LogP contribution is -2.28. The number of aromatic amines is 1. The molecule has 1 aromatic carbocycles. The van der Waals surface area contributed by atoms with Crippen LogP contribution >= 0.6 is 0 Å². The molecule has 1 atom stereocenters. The Morgan fingerprint density at radius 3 is 2.72 bits per heavy atom. The van der Waals surface area contributed by atoms with Gasteiger partial charge in [-0.05, 0) is 60.9 Å². The van der Waals surface area contributed by atoms with Crippen LogP contribution in [0.4, 0.5) is 0 Å². The van der Waals surface area contributed by atoms with E-state index in [9.17, 15) is 18.3 Å². The molecule has 1 aliphatic heterocycles. The number of sulfone groups is 1. The maximum Gasteiger partial charge on any atom is 0.219 e. The number of aliphatic hydroxyl groups excluding tert-OH is 1. The smallest absolute Gasteiger partial charge is 0.219 e. The number of amides is 1. The van der Waals surface area contributed by atoms with Gasteiger partial charge >= 0.3 is 0 Å². The second-order valence-electron chi connectivity index (χ2n) is 8.94. The van der Waals surface area contributed by atoms with Crippen LogP contribution in [0.1, 0.15) is 36.9 Å². The summed E-state index contributed by atoms with van der Waals surface area (Å²) in [6, 6.07) is 12.3. The third-order valence-electron chi connectivity index (χ3n) is 6.37. The average Bonchev–Trinajstić information content (AvgIpc) is 3.50. The van der Waals surface area contributed by atoms with Crippen LogP contribution in [0.15, 0.2) is 59.9 Å².